The van der Waals surface area contributed by atoms with Crippen LogP contribution in [0.3, 0.4) is 0 Å². The molecule has 4 N–H and O–H groups in total. The van der Waals surface area contributed by atoms with E-state index in [9.17, 15) is 13.5 Å². The Balaban J connectivity index is 2.29. The fraction of sp³-hybridized carbons (Fsp3) is 0.455. The first-order valence-corrected chi connectivity index (χ1v) is 7.23. The van der Waals surface area contributed by atoms with Crippen LogP contribution in [0.15, 0.2) is 29.2 Å². The molecule has 100 valence electrons. The summed E-state index contributed by atoms with van der Waals surface area (Å²) in [5.41, 5.74) is 3.09. The lowest BCUT2D eigenvalue weighted by atomic mass is 10.2. The molecule has 1 saturated heterocycles. The van der Waals surface area contributed by atoms with Gasteiger partial charge in [0.15, 0.2) is 0 Å². The molecule has 18 heavy (non-hydrogen) atoms. The number of rotatable bonds is 4. The molecule has 0 aliphatic carbocycles. The van der Waals surface area contributed by atoms with Gasteiger partial charge in [-0.25, -0.2) is 8.42 Å². The van der Waals surface area contributed by atoms with E-state index in [0.717, 1.165) is 6.42 Å². The molecule has 0 amide bonds. The number of aliphatic hydroxyl groups is 1. The molecular weight excluding hydrogens is 254 g/mol. The highest BCUT2D eigenvalue weighted by Crippen LogP contribution is 2.26. The minimum Gasteiger partial charge on any atom is -0.395 e. The molecule has 1 heterocycles. The van der Waals surface area contributed by atoms with Gasteiger partial charge in [0.1, 0.15) is 0 Å². The van der Waals surface area contributed by atoms with E-state index in [1.54, 1.807) is 12.1 Å². The molecule has 7 heteroatoms. The second kappa shape index (κ2) is 5.23. The van der Waals surface area contributed by atoms with E-state index in [4.69, 9.17) is 5.84 Å². The highest BCUT2D eigenvalue weighted by Gasteiger charge is 2.34. The molecule has 0 radical (unpaired) electrons. The van der Waals surface area contributed by atoms with Crippen LogP contribution in [0.1, 0.15) is 12.8 Å². The number of benzene rings is 1. The lowest BCUT2D eigenvalue weighted by molar-refractivity contribution is 0.213. The molecule has 0 spiro atoms. The molecule has 1 atom stereocenters. The zero-order chi connectivity index (χ0) is 13.2. The first-order chi connectivity index (χ1) is 8.59. The molecule has 0 aromatic heterocycles. The van der Waals surface area contributed by atoms with E-state index in [1.807, 2.05) is 0 Å². The van der Waals surface area contributed by atoms with Crippen molar-refractivity contribution < 1.29 is 13.5 Å². The lowest BCUT2D eigenvalue weighted by Gasteiger charge is -2.22. The van der Waals surface area contributed by atoms with E-state index < -0.39 is 10.0 Å². The molecule has 6 nitrogen and oxygen atoms in total. The molecule has 1 fully saturated rings. The maximum atomic E-state index is 12.4. The van der Waals surface area contributed by atoms with Crippen molar-refractivity contribution in [3.63, 3.8) is 0 Å². The van der Waals surface area contributed by atoms with Crippen LogP contribution >= 0.6 is 0 Å². The Morgan fingerprint density at radius 2 is 2.06 bits per heavy atom. The number of nitrogens with one attached hydrogen (secondary N) is 1. The Morgan fingerprint density at radius 1 is 1.39 bits per heavy atom. The summed E-state index contributed by atoms with van der Waals surface area (Å²) >= 11 is 0. The third-order valence-corrected chi connectivity index (χ3v) is 5.13. The van der Waals surface area contributed by atoms with Gasteiger partial charge in [-0.15, -0.1) is 0 Å². The topological polar surface area (TPSA) is 95.7 Å². The van der Waals surface area contributed by atoms with Gasteiger partial charge in [0.05, 0.1) is 11.5 Å². The maximum absolute atomic E-state index is 12.4. The van der Waals surface area contributed by atoms with Crippen LogP contribution in [-0.4, -0.2) is 37.0 Å². The summed E-state index contributed by atoms with van der Waals surface area (Å²) in [7, 11) is -3.52. The number of nitrogen functional groups attached to an aromatic ring is 1. The number of nitrogens with two attached hydrogens (primary N) is 1. The summed E-state index contributed by atoms with van der Waals surface area (Å²) in [6.07, 6.45) is 1.49. The molecular formula is C11H17N3O3S. The Kier molecular flexibility index (Phi) is 3.86. The second-order valence-electron chi connectivity index (χ2n) is 4.26. The van der Waals surface area contributed by atoms with Gasteiger partial charge in [-0.05, 0) is 37.1 Å². The van der Waals surface area contributed by atoms with Crippen LogP contribution in [-0.2, 0) is 10.0 Å². The lowest BCUT2D eigenvalue weighted by Crippen LogP contribution is -2.37. The first kappa shape index (κ1) is 13.3. The molecule has 0 bridgehead atoms. The van der Waals surface area contributed by atoms with Crippen molar-refractivity contribution >= 4 is 15.7 Å². The smallest absolute Gasteiger partial charge is 0.243 e. The van der Waals surface area contributed by atoms with Gasteiger partial charge < -0.3 is 10.5 Å². The average molecular weight is 271 g/mol. The van der Waals surface area contributed by atoms with Crippen molar-refractivity contribution in [2.24, 2.45) is 5.84 Å². The molecule has 1 aromatic carbocycles. The number of hydrazine groups is 1. The van der Waals surface area contributed by atoms with Crippen LogP contribution in [0.4, 0.5) is 5.69 Å². The number of nitrogens with zero attached hydrogens (tertiary/aromatic N) is 1. The molecule has 1 aliphatic rings. The summed E-state index contributed by atoms with van der Waals surface area (Å²) in [6, 6.07) is 5.94. The van der Waals surface area contributed by atoms with Crippen molar-refractivity contribution in [2.75, 3.05) is 18.6 Å². The van der Waals surface area contributed by atoms with Crippen molar-refractivity contribution in [3.05, 3.63) is 24.3 Å². The minimum atomic E-state index is -3.52. The summed E-state index contributed by atoms with van der Waals surface area (Å²) < 4.78 is 26.1. The van der Waals surface area contributed by atoms with Gasteiger partial charge in [-0.3, -0.25) is 5.84 Å². The van der Waals surface area contributed by atoms with Crippen LogP contribution in [0, 0.1) is 0 Å². The number of sulfonamides is 1. The van der Waals surface area contributed by atoms with E-state index in [0.29, 0.717) is 18.7 Å². The highest BCUT2D eigenvalue weighted by molar-refractivity contribution is 7.89. The maximum Gasteiger partial charge on any atom is 0.243 e. The van der Waals surface area contributed by atoms with Crippen molar-refractivity contribution in [3.8, 4) is 0 Å². The summed E-state index contributed by atoms with van der Waals surface area (Å²) in [6.45, 7) is 0.326. The van der Waals surface area contributed by atoms with Gasteiger partial charge in [0.25, 0.3) is 0 Å². The van der Waals surface area contributed by atoms with Crippen LogP contribution in [0.25, 0.3) is 0 Å². The third kappa shape index (κ3) is 2.35. The zero-order valence-electron chi connectivity index (χ0n) is 9.91. The number of aliphatic hydroxyl groups excluding tert-OH is 1. The van der Waals surface area contributed by atoms with Gasteiger partial charge in [-0.2, -0.15) is 4.31 Å². The number of hydrogen-bond donors (Lipinski definition) is 3. The van der Waals surface area contributed by atoms with Crippen LogP contribution in [0.2, 0.25) is 0 Å². The highest BCUT2D eigenvalue weighted by atomic mass is 32.2. The summed E-state index contributed by atoms with van der Waals surface area (Å²) in [5, 5.41) is 9.20. The Labute approximate surface area is 106 Å². The fourth-order valence-corrected chi connectivity index (χ4v) is 3.85. The van der Waals surface area contributed by atoms with Gasteiger partial charge in [-0.1, -0.05) is 0 Å². The average Bonchev–Trinajstić information content (AvgIpc) is 2.88. The van der Waals surface area contributed by atoms with E-state index in [1.165, 1.54) is 16.4 Å². The first-order valence-electron chi connectivity index (χ1n) is 5.79. The Morgan fingerprint density at radius 3 is 2.61 bits per heavy atom. The largest absolute Gasteiger partial charge is 0.395 e. The predicted molar refractivity (Wildman–Crippen MR) is 68.3 cm³/mol. The van der Waals surface area contributed by atoms with Crippen LogP contribution in [0.5, 0.6) is 0 Å². The number of anilines is 1. The molecule has 1 unspecified atom stereocenters. The molecule has 1 aliphatic heterocycles. The monoisotopic (exact) mass is 271 g/mol. The fourth-order valence-electron chi connectivity index (χ4n) is 2.17. The molecule has 0 saturated carbocycles. The van der Waals surface area contributed by atoms with Gasteiger partial charge >= 0.3 is 0 Å². The quantitative estimate of drug-likeness (QED) is 0.534. The van der Waals surface area contributed by atoms with Gasteiger partial charge in [0, 0.05) is 18.3 Å². The Hall–Kier alpha value is -1.15. The predicted octanol–water partition coefficient (Wildman–Crippen LogP) is 0.118. The van der Waals surface area contributed by atoms with Crippen molar-refractivity contribution in [2.45, 2.75) is 23.8 Å². The van der Waals surface area contributed by atoms with Crippen molar-refractivity contribution in [1.82, 2.24) is 4.31 Å². The third-order valence-electron chi connectivity index (χ3n) is 3.16. The van der Waals surface area contributed by atoms with Gasteiger partial charge in [0.2, 0.25) is 10.0 Å². The molecule has 1 aromatic rings. The van der Waals surface area contributed by atoms with E-state index in [-0.39, 0.29) is 17.5 Å². The second-order valence-corrected chi connectivity index (χ2v) is 6.15. The molecule has 2 rings (SSSR count). The minimum absolute atomic E-state index is 0.137. The summed E-state index contributed by atoms with van der Waals surface area (Å²) in [5.74, 6) is 5.23. The van der Waals surface area contributed by atoms with Crippen molar-refractivity contribution in [1.29, 1.82) is 0 Å². The standard InChI is InChI=1S/C11H17N3O3S/c12-13-9-3-5-11(6-4-9)18(16,17)14-7-1-2-10(14)8-15/h3-6,10,13,15H,1-2,7-8,12H2. The zero-order valence-corrected chi connectivity index (χ0v) is 10.7. The summed E-state index contributed by atoms with van der Waals surface area (Å²) in [4.78, 5) is 0.224. The normalized spacial score (nSPS) is 21.1. The Bertz CT molecular complexity index is 501. The van der Waals surface area contributed by atoms with E-state index in [2.05, 4.69) is 5.43 Å². The van der Waals surface area contributed by atoms with Crippen LogP contribution < -0.4 is 11.3 Å². The number of hydrogen-bond acceptors (Lipinski definition) is 5. The SMILES string of the molecule is NNc1ccc(S(=O)(=O)N2CCCC2CO)cc1. The van der Waals surface area contributed by atoms with E-state index >= 15 is 0 Å².